The molecule has 0 spiro atoms. The average Bonchev–Trinajstić information content (AvgIpc) is 3.21. The van der Waals surface area contributed by atoms with Crippen molar-refractivity contribution in [2.24, 2.45) is 0 Å². The Hall–Kier alpha value is -3.93. The number of carbonyl (C=O) groups excluding carboxylic acids is 1. The lowest BCUT2D eigenvalue weighted by molar-refractivity contribution is 0.101. The van der Waals surface area contributed by atoms with Crippen LogP contribution >= 0.6 is 0 Å². The number of para-hydroxylation sites is 1. The van der Waals surface area contributed by atoms with E-state index in [1.807, 2.05) is 55.5 Å². The van der Waals surface area contributed by atoms with Crippen molar-refractivity contribution in [2.45, 2.75) is 6.92 Å². The highest BCUT2D eigenvalue weighted by atomic mass is 19.1. The fraction of sp³-hybridized carbons (Fsp3) is 0.0833. The van der Waals surface area contributed by atoms with Gasteiger partial charge in [0, 0.05) is 5.56 Å². The lowest BCUT2D eigenvalue weighted by Gasteiger charge is -2.09. The van der Waals surface area contributed by atoms with Crippen LogP contribution in [0.4, 0.5) is 10.1 Å². The van der Waals surface area contributed by atoms with Gasteiger partial charge in [-0.1, -0.05) is 42.0 Å². The minimum absolute atomic E-state index is 0.113. The number of halogens is 1. The van der Waals surface area contributed by atoms with E-state index in [1.165, 1.54) is 12.1 Å². The van der Waals surface area contributed by atoms with Crippen molar-refractivity contribution in [3.8, 4) is 22.7 Å². The van der Waals surface area contributed by atoms with E-state index in [1.54, 1.807) is 30.0 Å². The molecule has 5 nitrogen and oxygen atoms in total. The lowest BCUT2D eigenvalue weighted by atomic mass is 10.1. The molecular weight excluding hydrogens is 381 g/mol. The molecule has 30 heavy (non-hydrogen) atoms. The molecule has 0 fully saturated rings. The van der Waals surface area contributed by atoms with Crippen LogP contribution in [0.5, 0.6) is 5.75 Å². The number of hydrogen-bond donors (Lipinski definition) is 1. The summed E-state index contributed by atoms with van der Waals surface area (Å²) in [6, 6.07) is 22.8. The van der Waals surface area contributed by atoms with Crippen molar-refractivity contribution in [3.05, 3.63) is 95.9 Å². The van der Waals surface area contributed by atoms with E-state index in [-0.39, 0.29) is 5.69 Å². The van der Waals surface area contributed by atoms with Gasteiger partial charge in [0.2, 0.25) is 0 Å². The Morgan fingerprint density at radius 1 is 1.00 bits per heavy atom. The first kappa shape index (κ1) is 19.4. The second kappa shape index (κ2) is 8.21. The molecule has 1 N–H and O–H groups in total. The molecule has 0 unspecified atom stereocenters. The van der Waals surface area contributed by atoms with Crippen molar-refractivity contribution in [3.63, 3.8) is 0 Å². The van der Waals surface area contributed by atoms with Gasteiger partial charge < -0.3 is 10.1 Å². The highest BCUT2D eigenvalue weighted by molar-refractivity contribution is 6.04. The van der Waals surface area contributed by atoms with Gasteiger partial charge in [-0.15, -0.1) is 0 Å². The summed E-state index contributed by atoms with van der Waals surface area (Å²) in [6.07, 6.45) is 0. The number of benzene rings is 3. The summed E-state index contributed by atoms with van der Waals surface area (Å²) < 4.78 is 20.9. The van der Waals surface area contributed by atoms with Gasteiger partial charge in [0.25, 0.3) is 5.91 Å². The first-order valence-electron chi connectivity index (χ1n) is 9.42. The molecule has 1 aromatic heterocycles. The number of anilines is 1. The Morgan fingerprint density at radius 2 is 1.77 bits per heavy atom. The van der Waals surface area contributed by atoms with Gasteiger partial charge in [-0.3, -0.25) is 4.79 Å². The summed E-state index contributed by atoms with van der Waals surface area (Å²) in [6.45, 7) is 1.99. The van der Waals surface area contributed by atoms with E-state index < -0.39 is 11.7 Å². The first-order valence-corrected chi connectivity index (χ1v) is 9.42. The summed E-state index contributed by atoms with van der Waals surface area (Å²) in [5, 5.41) is 7.28. The van der Waals surface area contributed by atoms with Crippen molar-refractivity contribution in [1.29, 1.82) is 0 Å². The van der Waals surface area contributed by atoms with E-state index >= 15 is 0 Å². The summed E-state index contributed by atoms with van der Waals surface area (Å²) >= 11 is 0. The number of aromatic nitrogens is 2. The van der Waals surface area contributed by atoms with Crippen LogP contribution < -0.4 is 10.1 Å². The molecule has 0 aliphatic carbocycles. The van der Waals surface area contributed by atoms with Crippen LogP contribution in [0.25, 0.3) is 16.9 Å². The summed E-state index contributed by atoms with van der Waals surface area (Å²) in [7, 11) is 1.59. The fourth-order valence-electron chi connectivity index (χ4n) is 3.10. The quantitative estimate of drug-likeness (QED) is 0.497. The van der Waals surface area contributed by atoms with E-state index in [0.29, 0.717) is 17.1 Å². The Labute approximate surface area is 173 Å². The molecule has 4 rings (SSSR count). The molecule has 0 saturated heterocycles. The highest BCUT2D eigenvalue weighted by Gasteiger charge is 2.19. The van der Waals surface area contributed by atoms with Crippen molar-refractivity contribution < 1.29 is 13.9 Å². The van der Waals surface area contributed by atoms with Crippen molar-refractivity contribution in [2.75, 3.05) is 12.4 Å². The number of carbonyl (C=O) groups is 1. The zero-order valence-corrected chi connectivity index (χ0v) is 16.6. The van der Waals surface area contributed by atoms with Crippen LogP contribution in [-0.2, 0) is 0 Å². The van der Waals surface area contributed by atoms with E-state index in [0.717, 1.165) is 16.8 Å². The standard InChI is InChI=1S/C24H20FN3O2/c1-16-10-12-18(13-11-16)28-23(24(29)26-21-9-4-3-8-20(21)25)15-22(27-28)17-6-5-7-19(14-17)30-2/h3-15H,1-2H3,(H,26,29). The maximum Gasteiger partial charge on any atom is 0.274 e. The topological polar surface area (TPSA) is 56.1 Å². The van der Waals surface area contributed by atoms with Crippen LogP contribution in [0.3, 0.4) is 0 Å². The number of nitrogens with zero attached hydrogens (tertiary/aromatic N) is 2. The molecule has 0 saturated carbocycles. The molecule has 4 aromatic rings. The van der Waals surface area contributed by atoms with Gasteiger partial charge in [-0.25, -0.2) is 9.07 Å². The predicted octanol–water partition coefficient (Wildman–Crippen LogP) is 5.25. The van der Waals surface area contributed by atoms with Gasteiger partial charge >= 0.3 is 0 Å². The van der Waals surface area contributed by atoms with Crippen LogP contribution in [0.1, 0.15) is 16.1 Å². The van der Waals surface area contributed by atoms with Gasteiger partial charge in [-0.05, 0) is 49.4 Å². The number of methoxy groups -OCH3 is 1. The van der Waals surface area contributed by atoms with Crippen molar-refractivity contribution in [1.82, 2.24) is 9.78 Å². The van der Waals surface area contributed by atoms with Gasteiger partial charge in [0.15, 0.2) is 0 Å². The molecule has 0 atom stereocenters. The van der Waals surface area contributed by atoms with Gasteiger partial charge in [0.1, 0.15) is 17.3 Å². The monoisotopic (exact) mass is 401 g/mol. The third-order valence-corrected chi connectivity index (χ3v) is 4.71. The fourth-order valence-corrected chi connectivity index (χ4v) is 3.10. The SMILES string of the molecule is COc1cccc(-c2cc(C(=O)Nc3ccccc3F)n(-c3ccc(C)cc3)n2)c1. The minimum atomic E-state index is -0.500. The summed E-state index contributed by atoms with van der Waals surface area (Å²) in [5.41, 5.74) is 3.64. The Morgan fingerprint density at radius 3 is 2.50 bits per heavy atom. The minimum Gasteiger partial charge on any atom is -0.497 e. The third kappa shape index (κ3) is 3.93. The van der Waals surface area contributed by atoms with E-state index in [2.05, 4.69) is 10.4 Å². The van der Waals surface area contributed by atoms with Gasteiger partial charge in [0.05, 0.1) is 24.2 Å². The van der Waals surface area contributed by atoms with Gasteiger partial charge in [-0.2, -0.15) is 5.10 Å². The van der Waals surface area contributed by atoms with E-state index in [9.17, 15) is 9.18 Å². The lowest BCUT2D eigenvalue weighted by Crippen LogP contribution is -2.17. The molecule has 3 aromatic carbocycles. The zero-order valence-electron chi connectivity index (χ0n) is 16.6. The largest absolute Gasteiger partial charge is 0.497 e. The number of amides is 1. The molecule has 0 bridgehead atoms. The normalized spacial score (nSPS) is 10.6. The van der Waals surface area contributed by atoms with Crippen LogP contribution in [0.2, 0.25) is 0 Å². The molecule has 150 valence electrons. The van der Waals surface area contributed by atoms with Crippen LogP contribution in [0.15, 0.2) is 78.9 Å². The summed E-state index contributed by atoms with van der Waals surface area (Å²) in [5.74, 6) is -0.266. The summed E-state index contributed by atoms with van der Waals surface area (Å²) in [4.78, 5) is 13.0. The molecule has 0 aliphatic heterocycles. The predicted molar refractivity (Wildman–Crippen MR) is 115 cm³/mol. The molecule has 1 amide bonds. The van der Waals surface area contributed by atoms with E-state index in [4.69, 9.17) is 4.74 Å². The maximum atomic E-state index is 14.0. The molecule has 1 heterocycles. The number of hydrogen-bond acceptors (Lipinski definition) is 3. The highest BCUT2D eigenvalue weighted by Crippen LogP contribution is 2.26. The number of nitrogens with one attached hydrogen (secondary N) is 1. The number of ether oxygens (including phenoxy) is 1. The zero-order chi connectivity index (χ0) is 21.1. The molecule has 0 radical (unpaired) electrons. The maximum absolute atomic E-state index is 14.0. The Kier molecular flexibility index (Phi) is 5.30. The molecule has 6 heteroatoms. The van der Waals surface area contributed by atoms with Crippen LogP contribution in [-0.4, -0.2) is 22.8 Å². The molecular formula is C24H20FN3O2. The van der Waals surface area contributed by atoms with Crippen LogP contribution in [0, 0.1) is 12.7 Å². The smallest absolute Gasteiger partial charge is 0.274 e. The molecule has 0 aliphatic rings. The number of rotatable bonds is 5. The number of aryl methyl sites for hydroxylation is 1. The third-order valence-electron chi connectivity index (χ3n) is 4.71. The van der Waals surface area contributed by atoms with Crippen molar-refractivity contribution >= 4 is 11.6 Å². The second-order valence-corrected chi connectivity index (χ2v) is 6.83. The Balaban J connectivity index is 1.79. The second-order valence-electron chi connectivity index (χ2n) is 6.83. The first-order chi connectivity index (χ1) is 14.5. The Bertz CT molecular complexity index is 1200. The average molecular weight is 401 g/mol.